The fourth-order valence-corrected chi connectivity index (χ4v) is 3.24. The lowest BCUT2D eigenvalue weighted by molar-refractivity contribution is 0.291. The van der Waals surface area contributed by atoms with Crippen LogP contribution in [0, 0.1) is 18.3 Å². The molecule has 0 spiro atoms. The van der Waals surface area contributed by atoms with Crippen molar-refractivity contribution in [3.63, 3.8) is 0 Å². The first kappa shape index (κ1) is 16.9. The molecule has 3 aromatic carbocycles. The second kappa shape index (κ2) is 7.39. The zero-order valence-corrected chi connectivity index (χ0v) is 15.1. The van der Waals surface area contributed by atoms with E-state index in [2.05, 4.69) is 12.1 Å². The van der Waals surface area contributed by atoms with E-state index in [1.807, 2.05) is 73.7 Å². The number of rotatable bonds is 5. The molecule has 1 aliphatic rings. The van der Waals surface area contributed by atoms with Gasteiger partial charge in [-0.25, -0.2) is 0 Å². The molecule has 0 aliphatic heterocycles. The zero-order valence-electron chi connectivity index (χ0n) is 15.1. The van der Waals surface area contributed by atoms with Gasteiger partial charge >= 0.3 is 0 Å². The van der Waals surface area contributed by atoms with Crippen molar-refractivity contribution in [1.29, 1.82) is 5.26 Å². The minimum Gasteiger partial charge on any atom is -0.485 e. The number of hydrogen-bond acceptors (Lipinski definition) is 3. The average Bonchev–Trinajstić information content (AvgIpc) is 3.11. The number of aryl methyl sites for hydroxylation is 1. The summed E-state index contributed by atoms with van der Waals surface area (Å²) in [5, 5.41) is 9.23. The summed E-state index contributed by atoms with van der Waals surface area (Å²) >= 11 is 0. The van der Waals surface area contributed by atoms with Crippen molar-refractivity contribution in [3.8, 4) is 23.3 Å². The Kier molecular flexibility index (Phi) is 4.63. The van der Waals surface area contributed by atoms with Crippen LogP contribution in [0.2, 0.25) is 0 Å². The van der Waals surface area contributed by atoms with E-state index < -0.39 is 0 Å². The Labute approximate surface area is 159 Å². The molecule has 132 valence electrons. The predicted molar refractivity (Wildman–Crippen MR) is 106 cm³/mol. The fraction of sp³-hybridized carbons (Fsp3) is 0.125. The summed E-state index contributed by atoms with van der Waals surface area (Å²) < 4.78 is 12.2. The van der Waals surface area contributed by atoms with Gasteiger partial charge in [0.15, 0.2) is 11.5 Å². The summed E-state index contributed by atoms with van der Waals surface area (Å²) in [6.45, 7) is 2.51. The monoisotopic (exact) mass is 353 g/mol. The van der Waals surface area contributed by atoms with E-state index in [-0.39, 0.29) is 0 Å². The predicted octanol–water partition coefficient (Wildman–Crippen LogP) is 5.83. The highest BCUT2D eigenvalue weighted by Gasteiger charge is 2.19. The van der Waals surface area contributed by atoms with Crippen LogP contribution < -0.4 is 9.47 Å². The normalized spacial score (nSPS) is 12.1. The van der Waals surface area contributed by atoms with Gasteiger partial charge in [0.2, 0.25) is 0 Å². The number of nitriles is 1. The summed E-state index contributed by atoms with van der Waals surface area (Å²) in [5.41, 5.74) is 5.08. The lowest BCUT2D eigenvalue weighted by Crippen LogP contribution is -1.98. The lowest BCUT2D eigenvalue weighted by Gasteiger charge is -2.15. The maximum atomic E-state index is 9.23. The summed E-state index contributed by atoms with van der Waals surface area (Å²) in [7, 11) is 0. The first-order valence-electron chi connectivity index (χ1n) is 8.91. The third kappa shape index (κ3) is 3.70. The smallest absolute Gasteiger partial charge is 0.169 e. The van der Waals surface area contributed by atoms with Crippen LogP contribution in [0.3, 0.4) is 0 Å². The Morgan fingerprint density at radius 1 is 0.926 bits per heavy atom. The van der Waals surface area contributed by atoms with Crippen molar-refractivity contribution in [2.24, 2.45) is 0 Å². The molecule has 0 heterocycles. The van der Waals surface area contributed by atoms with E-state index in [1.54, 1.807) is 0 Å². The molecule has 0 saturated heterocycles. The molecule has 0 N–H and O–H groups in total. The van der Waals surface area contributed by atoms with Gasteiger partial charge in [-0.2, -0.15) is 5.26 Å². The minimum atomic E-state index is 0.478. The Hall–Kier alpha value is -3.51. The summed E-state index contributed by atoms with van der Waals surface area (Å²) in [4.78, 5) is 0. The van der Waals surface area contributed by atoms with E-state index >= 15 is 0 Å². The number of fused-ring (bicyclic) bond motifs is 1. The first-order chi connectivity index (χ1) is 13.2. The van der Waals surface area contributed by atoms with Gasteiger partial charge in [0.05, 0.1) is 6.07 Å². The van der Waals surface area contributed by atoms with E-state index in [9.17, 15) is 5.26 Å². The number of nitrogens with zero attached hydrogens (tertiary/aromatic N) is 1. The highest BCUT2D eigenvalue weighted by atomic mass is 16.5. The topological polar surface area (TPSA) is 42.2 Å². The molecular formula is C24H19NO2. The van der Waals surface area contributed by atoms with Gasteiger partial charge in [-0.3, -0.25) is 0 Å². The van der Waals surface area contributed by atoms with Gasteiger partial charge in [-0.05, 0) is 47.9 Å². The molecule has 0 atom stereocenters. The molecule has 0 aromatic heterocycles. The summed E-state index contributed by atoms with van der Waals surface area (Å²) in [5.74, 6) is 2.12. The molecule has 3 heteroatoms. The van der Waals surface area contributed by atoms with Crippen LogP contribution in [-0.2, 0) is 13.0 Å². The van der Waals surface area contributed by atoms with Crippen LogP contribution in [-0.4, -0.2) is 0 Å². The van der Waals surface area contributed by atoms with E-state index in [4.69, 9.17) is 9.47 Å². The van der Waals surface area contributed by atoms with Crippen LogP contribution >= 0.6 is 0 Å². The molecule has 3 nitrogen and oxygen atoms in total. The number of benzene rings is 3. The third-order valence-corrected chi connectivity index (χ3v) is 4.52. The quantitative estimate of drug-likeness (QED) is 0.579. The molecular weight excluding hydrogens is 334 g/mol. The van der Waals surface area contributed by atoms with Gasteiger partial charge < -0.3 is 9.47 Å². The number of hydrogen-bond donors (Lipinski definition) is 0. The summed E-state index contributed by atoms with van der Waals surface area (Å²) in [6.07, 6.45) is 2.58. The second-order valence-corrected chi connectivity index (χ2v) is 6.62. The average molecular weight is 353 g/mol. The van der Waals surface area contributed by atoms with Gasteiger partial charge in [-0.1, -0.05) is 48.5 Å². The number of para-hydroxylation sites is 2. The Balaban J connectivity index is 1.61. The SMILES string of the molecule is Cc1cc2c(c(Oc3ccccc3OCc3ccccc3)c1)C=C(C#N)C2. The maximum Gasteiger partial charge on any atom is 0.169 e. The Morgan fingerprint density at radius 3 is 2.44 bits per heavy atom. The van der Waals surface area contributed by atoms with Gasteiger partial charge in [0, 0.05) is 17.6 Å². The molecule has 1 aliphatic carbocycles. The van der Waals surface area contributed by atoms with Crippen LogP contribution in [0.1, 0.15) is 22.3 Å². The maximum absolute atomic E-state index is 9.23. The van der Waals surface area contributed by atoms with Gasteiger partial charge in [-0.15, -0.1) is 0 Å². The van der Waals surface area contributed by atoms with Crippen LogP contribution in [0.15, 0.2) is 72.3 Å². The lowest BCUT2D eigenvalue weighted by atomic mass is 10.1. The highest BCUT2D eigenvalue weighted by Crippen LogP contribution is 2.39. The van der Waals surface area contributed by atoms with E-state index in [0.717, 1.165) is 33.6 Å². The highest BCUT2D eigenvalue weighted by molar-refractivity contribution is 5.73. The van der Waals surface area contributed by atoms with E-state index in [1.165, 1.54) is 0 Å². The Bertz CT molecular complexity index is 1050. The molecule has 0 bridgehead atoms. The molecule has 0 unspecified atom stereocenters. The van der Waals surface area contributed by atoms with Crippen molar-refractivity contribution in [2.75, 3.05) is 0 Å². The third-order valence-electron chi connectivity index (χ3n) is 4.52. The largest absolute Gasteiger partial charge is 0.485 e. The van der Waals surface area contributed by atoms with Crippen LogP contribution in [0.25, 0.3) is 6.08 Å². The standard InChI is InChI=1S/C24H19NO2/c1-17-11-20-13-19(15-25)14-21(20)24(12-17)27-23-10-6-5-9-22(23)26-16-18-7-3-2-4-8-18/h2-12,14H,13,16H2,1H3. The van der Waals surface area contributed by atoms with Crippen LogP contribution in [0.5, 0.6) is 17.2 Å². The number of allylic oxidation sites excluding steroid dienone is 1. The van der Waals surface area contributed by atoms with Crippen molar-refractivity contribution in [1.82, 2.24) is 0 Å². The molecule has 3 aromatic rings. The number of ether oxygens (including phenoxy) is 2. The molecule has 0 amide bonds. The minimum absolute atomic E-state index is 0.478. The van der Waals surface area contributed by atoms with Crippen LogP contribution in [0.4, 0.5) is 0 Å². The molecule has 0 radical (unpaired) electrons. The molecule has 4 rings (SSSR count). The second-order valence-electron chi connectivity index (χ2n) is 6.62. The van der Waals surface area contributed by atoms with Gasteiger partial charge in [0.25, 0.3) is 0 Å². The van der Waals surface area contributed by atoms with Crippen molar-refractivity contribution >= 4 is 6.08 Å². The molecule has 0 fully saturated rings. The van der Waals surface area contributed by atoms with Crippen molar-refractivity contribution in [2.45, 2.75) is 20.0 Å². The Morgan fingerprint density at radius 2 is 1.67 bits per heavy atom. The van der Waals surface area contributed by atoms with Gasteiger partial charge in [0.1, 0.15) is 12.4 Å². The zero-order chi connectivity index (χ0) is 18.6. The fourth-order valence-electron chi connectivity index (χ4n) is 3.24. The summed E-state index contributed by atoms with van der Waals surface area (Å²) in [6, 6.07) is 24.1. The van der Waals surface area contributed by atoms with Crippen molar-refractivity contribution < 1.29 is 9.47 Å². The molecule has 0 saturated carbocycles. The first-order valence-corrected chi connectivity index (χ1v) is 8.91. The van der Waals surface area contributed by atoms with E-state index in [0.29, 0.717) is 24.5 Å². The van der Waals surface area contributed by atoms with Crippen molar-refractivity contribution in [3.05, 3.63) is 94.6 Å². The molecule has 27 heavy (non-hydrogen) atoms.